The molecule has 1 aromatic heterocycles. The Kier molecular flexibility index (Phi) is 6.94. The molecule has 0 radical (unpaired) electrons. The Morgan fingerprint density at radius 1 is 0.912 bits per heavy atom. The third kappa shape index (κ3) is 4.79. The minimum absolute atomic E-state index is 0.000564. The number of hydrogen-bond donors (Lipinski definition) is 1. The molecule has 0 fully saturated rings. The van der Waals surface area contributed by atoms with Crippen molar-refractivity contribution in [3.05, 3.63) is 94.6 Å². The van der Waals surface area contributed by atoms with E-state index < -0.39 is 11.9 Å². The number of rotatable bonds is 7. The highest BCUT2D eigenvalue weighted by Gasteiger charge is 2.21. The maximum Gasteiger partial charge on any atom is 0.340 e. The second-order valence-electron chi connectivity index (χ2n) is 7.26. The number of nitrogens with one attached hydrogen (secondary N) is 1. The summed E-state index contributed by atoms with van der Waals surface area (Å²) >= 11 is 6.16. The predicted molar refractivity (Wildman–Crippen MR) is 130 cm³/mol. The zero-order valence-corrected chi connectivity index (χ0v) is 19.3. The first kappa shape index (κ1) is 23.1. The summed E-state index contributed by atoms with van der Waals surface area (Å²) in [7, 11) is 2.92. The molecule has 0 saturated heterocycles. The number of hydrogen-bond acceptors (Lipinski definition) is 6. The fraction of sp³-hybridized carbons (Fsp3) is 0.115. The van der Waals surface area contributed by atoms with Gasteiger partial charge in [0.25, 0.3) is 5.91 Å². The van der Waals surface area contributed by atoms with Gasteiger partial charge in [0.15, 0.2) is 11.5 Å². The summed E-state index contributed by atoms with van der Waals surface area (Å²) in [5, 5.41) is 3.96. The molecule has 172 valence electrons. The number of aromatic nitrogens is 1. The van der Waals surface area contributed by atoms with Gasteiger partial charge in [0.2, 0.25) is 0 Å². The van der Waals surface area contributed by atoms with Crippen LogP contribution in [-0.2, 0) is 11.3 Å². The number of para-hydroxylation sites is 1. The molecule has 4 rings (SSSR count). The van der Waals surface area contributed by atoms with Crippen LogP contribution in [0.15, 0.2) is 72.9 Å². The first-order valence-electron chi connectivity index (χ1n) is 10.3. The summed E-state index contributed by atoms with van der Waals surface area (Å²) in [4.78, 5) is 30.4. The summed E-state index contributed by atoms with van der Waals surface area (Å²) in [6.45, 7) is -0.000564. The summed E-state index contributed by atoms with van der Waals surface area (Å²) < 4.78 is 16.3. The average Bonchev–Trinajstić information content (AvgIpc) is 2.87. The highest BCUT2D eigenvalue weighted by Crippen LogP contribution is 2.34. The molecule has 0 unspecified atom stereocenters. The SMILES string of the molecule is COc1cc(NC(=O)c2ccccc2Cl)c(C(=O)OCc2cccc3cccnc23)cc1OC. The lowest BCUT2D eigenvalue weighted by Gasteiger charge is -2.16. The molecule has 0 bridgehead atoms. The minimum Gasteiger partial charge on any atom is -0.493 e. The predicted octanol–water partition coefficient (Wildman–Crippen LogP) is 5.51. The number of fused-ring (bicyclic) bond motifs is 1. The number of carbonyl (C=O) groups excluding carboxylic acids is 2. The monoisotopic (exact) mass is 476 g/mol. The van der Waals surface area contributed by atoms with Crippen molar-refractivity contribution in [3.63, 3.8) is 0 Å². The van der Waals surface area contributed by atoms with Gasteiger partial charge in [0.05, 0.1) is 41.6 Å². The highest BCUT2D eigenvalue weighted by molar-refractivity contribution is 6.34. The van der Waals surface area contributed by atoms with Crippen LogP contribution in [0, 0.1) is 0 Å². The van der Waals surface area contributed by atoms with Gasteiger partial charge in [-0.1, -0.05) is 48.0 Å². The van der Waals surface area contributed by atoms with Crippen LogP contribution in [0.5, 0.6) is 11.5 Å². The summed E-state index contributed by atoms with van der Waals surface area (Å²) in [6.07, 6.45) is 1.68. The summed E-state index contributed by atoms with van der Waals surface area (Å²) in [6, 6.07) is 19.0. The van der Waals surface area contributed by atoms with E-state index in [0.717, 1.165) is 16.5 Å². The van der Waals surface area contributed by atoms with E-state index >= 15 is 0 Å². The van der Waals surface area contributed by atoms with Gasteiger partial charge >= 0.3 is 5.97 Å². The van der Waals surface area contributed by atoms with Crippen molar-refractivity contribution >= 4 is 40.1 Å². The number of pyridine rings is 1. The van der Waals surface area contributed by atoms with Crippen LogP contribution in [0.3, 0.4) is 0 Å². The van der Waals surface area contributed by atoms with Crippen LogP contribution in [0.4, 0.5) is 5.69 Å². The average molecular weight is 477 g/mol. The van der Waals surface area contributed by atoms with Crippen LogP contribution in [0.25, 0.3) is 10.9 Å². The lowest BCUT2D eigenvalue weighted by atomic mass is 10.1. The van der Waals surface area contributed by atoms with E-state index in [0.29, 0.717) is 11.5 Å². The van der Waals surface area contributed by atoms with Gasteiger partial charge in [-0.2, -0.15) is 0 Å². The van der Waals surface area contributed by atoms with Crippen molar-refractivity contribution in [2.24, 2.45) is 0 Å². The highest BCUT2D eigenvalue weighted by atomic mass is 35.5. The van der Waals surface area contributed by atoms with Crippen LogP contribution in [-0.4, -0.2) is 31.1 Å². The Labute approximate surface area is 201 Å². The Morgan fingerprint density at radius 3 is 2.41 bits per heavy atom. The number of methoxy groups -OCH3 is 2. The normalized spacial score (nSPS) is 10.6. The van der Waals surface area contributed by atoms with Gasteiger partial charge in [-0.05, 0) is 18.2 Å². The lowest BCUT2D eigenvalue weighted by Crippen LogP contribution is -2.17. The van der Waals surface area contributed by atoms with E-state index in [2.05, 4.69) is 10.3 Å². The molecule has 1 heterocycles. The van der Waals surface area contributed by atoms with E-state index in [1.165, 1.54) is 26.4 Å². The van der Waals surface area contributed by atoms with Crippen molar-refractivity contribution in [2.45, 2.75) is 6.61 Å². The molecule has 0 aliphatic rings. The molecular formula is C26H21ClN2O5. The molecule has 8 heteroatoms. The summed E-state index contributed by atoms with van der Waals surface area (Å²) in [5.41, 5.74) is 2.07. The fourth-order valence-electron chi connectivity index (χ4n) is 3.49. The molecule has 1 amide bonds. The van der Waals surface area contributed by atoms with Gasteiger partial charge in [0.1, 0.15) is 6.61 Å². The molecule has 1 N–H and O–H groups in total. The minimum atomic E-state index is -0.650. The van der Waals surface area contributed by atoms with Crippen LogP contribution < -0.4 is 14.8 Å². The number of halogens is 1. The van der Waals surface area contributed by atoms with Crippen molar-refractivity contribution in [3.8, 4) is 11.5 Å². The van der Waals surface area contributed by atoms with Gasteiger partial charge in [-0.15, -0.1) is 0 Å². The van der Waals surface area contributed by atoms with E-state index in [9.17, 15) is 9.59 Å². The van der Waals surface area contributed by atoms with Crippen LogP contribution >= 0.6 is 11.6 Å². The van der Waals surface area contributed by atoms with Gasteiger partial charge in [-0.25, -0.2) is 4.79 Å². The van der Waals surface area contributed by atoms with Crippen molar-refractivity contribution < 1.29 is 23.8 Å². The third-order valence-corrected chi connectivity index (χ3v) is 5.51. The van der Waals surface area contributed by atoms with Gasteiger partial charge < -0.3 is 19.5 Å². The smallest absolute Gasteiger partial charge is 0.340 e. The standard InChI is InChI=1S/C26H21ClN2O5/c1-32-22-13-19(26(31)34-15-17-8-5-7-16-9-6-12-28-24(16)17)21(14-23(22)33-2)29-25(30)18-10-3-4-11-20(18)27/h3-14H,15H2,1-2H3,(H,29,30). The molecule has 0 spiro atoms. The number of amides is 1. The Balaban J connectivity index is 1.64. The van der Waals surface area contributed by atoms with Crippen molar-refractivity contribution in [2.75, 3.05) is 19.5 Å². The summed E-state index contributed by atoms with van der Waals surface area (Å²) in [5.74, 6) is -0.475. The first-order valence-corrected chi connectivity index (χ1v) is 10.7. The molecule has 34 heavy (non-hydrogen) atoms. The second kappa shape index (κ2) is 10.2. The van der Waals surface area contributed by atoms with Gasteiger partial charge in [0, 0.05) is 29.3 Å². The Hall–Kier alpha value is -4.10. The number of carbonyl (C=O) groups is 2. The van der Waals surface area contributed by atoms with Gasteiger partial charge in [-0.3, -0.25) is 9.78 Å². The Morgan fingerprint density at radius 2 is 1.65 bits per heavy atom. The maximum atomic E-state index is 13.1. The second-order valence-corrected chi connectivity index (χ2v) is 7.66. The van der Waals surface area contributed by atoms with E-state index in [-0.39, 0.29) is 28.4 Å². The number of esters is 1. The Bertz CT molecular complexity index is 1370. The fourth-order valence-corrected chi connectivity index (χ4v) is 3.71. The number of ether oxygens (including phenoxy) is 3. The quantitative estimate of drug-likeness (QED) is 0.354. The molecule has 3 aromatic carbocycles. The number of benzene rings is 3. The molecular weight excluding hydrogens is 456 g/mol. The van der Waals surface area contributed by atoms with Crippen molar-refractivity contribution in [1.82, 2.24) is 4.98 Å². The van der Waals surface area contributed by atoms with E-state index in [4.69, 9.17) is 25.8 Å². The maximum absolute atomic E-state index is 13.1. The zero-order chi connectivity index (χ0) is 24.1. The number of anilines is 1. The molecule has 0 aliphatic carbocycles. The number of nitrogens with zero attached hydrogens (tertiary/aromatic N) is 1. The molecule has 0 atom stereocenters. The lowest BCUT2D eigenvalue weighted by molar-refractivity contribution is 0.0475. The first-order chi connectivity index (χ1) is 16.5. The van der Waals surface area contributed by atoms with E-state index in [1.807, 2.05) is 30.3 Å². The third-order valence-electron chi connectivity index (χ3n) is 5.19. The topological polar surface area (TPSA) is 86.8 Å². The van der Waals surface area contributed by atoms with E-state index in [1.54, 1.807) is 30.5 Å². The largest absolute Gasteiger partial charge is 0.493 e. The van der Waals surface area contributed by atoms with Crippen molar-refractivity contribution in [1.29, 1.82) is 0 Å². The molecule has 4 aromatic rings. The molecule has 0 saturated carbocycles. The molecule has 7 nitrogen and oxygen atoms in total. The van der Waals surface area contributed by atoms with Crippen LogP contribution in [0.2, 0.25) is 5.02 Å². The van der Waals surface area contributed by atoms with Crippen LogP contribution in [0.1, 0.15) is 26.3 Å². The molecule has 0 aliphatic heterocycles. The zero-order valence-electron chi connectivity index (χ0n) is 18.5.